The third-order valence-corrected chi connectivity index (χ3v) is 7.39. The summed E-state index contributed by atoms with van der Waals surface area (Å²) < 4.78 is 1.59. The second-order valence-electron chi connectivity index (χ2n) is 7.88. The molecule has 7 heteroatoms. The highest BCUT2D eigenvalue weighted by atomic mass is 32.2. The maximum atomic E-state index is 13.4. The van der Waals surface area contributed by atoms with Gasteiger partial charge in [0.2, 0.25) is 5.91 Å². The number of hydrogen-bond donors (Lipinski definition) is 1. The zero-order valence-electron chi connectivity index (χ0n) is 18.8. The van der Waals surface area contributed by atoms with Gasteiger partial charge in [0.25, 0.3) is 5.56 Å². The highest BCUT2D eigenvalue weighted by Crippen LogP contribution is 2.32. The molecule has 0 spiro atoms. The topological polar surface area (TPSA) is 64.0 Å². The summed E-state index contributed by atoms with van der Waals surface area (Å²) in [6.45, 7) is 10.1. The lowest BCUT2D eigenvalue weighted by Gasteiger charge is -2.12. The van der Waals surface area contributed by atoms with Crippen molar-refractivity contribution in [1.29, 1.82) is 0 Å². The first-order valence-electron chi connectivity index (χ1n) is 10.6. The zero-order chi connectivity index (χ0) is 23.5. The first-order chi connectivity index (χ1) is 15.9. The first kappa shape index (κ1) is 23.0. The van der Waals surface area contributed by atoms with E-state index in [-0.39, 0.29) is 17.2 Å². The molecule has 0 aliphatic carbocycles. The molecule has 4 rings (SSSR count). The molecule has 0 saturated carbocycles. The maximum Gasteiger partial charge on any atom is 0.263 e. The Morgan fingerprint density at radius 2 is 1.94 bits per heavy atom. The molecule has 0 fully saturated rings. The first-order valence-corrected chi connectivity index (χ1v) is 12.4. The quantitative estimate of drug-likeness (QED) is 0.203. The number of hydrogen-bond acceptors (Lipinski definition) is 5. The third kappa shape index (κ3) is 4.79. The van der Waals surface area contributed by atoms with Gasteiger partial charge < -0.3 is 5.32 Å². The predicted octanol–water partition coefficient (Wildman–Crippen LogP) is 5.97. The van der Waals surface area contributed by atoms with E-state index in [4.69, 9.17) is 4.98 Å². The number of fused-ring (bicyclic) bond motifs is 1. The summed E-state index contributed by atoms with van der Waals surface area (Å²) in [5.74, 6) is 0.0123. The summed E-state index contributed by atoms with van der Waals surface area (Å²) in [5.41, 5.74) is 5.88. The Balaban J connectivity index is 1.63. The molecule has 2 aromatic carbocycles. The molecule has 2 heterocycles. The number of rotatable bonds is 7. The van der Waals surface area contributed by atoms with E-state index in [9.17, 15) is 9.59 Å². The van der Waals surface area contributed by atoms with E-state index < -0.39 is 0 Å². The second-order valence-corrected chi connectivity index (χ2v) is 9.68. The summed E-state index contributed by atoms with van der Waals surface area (Å²) in [5, 5.41) is 6.06. The molecule has 2 aromatic heterocycles. The molecule has 1 amide bonds. The van der Waals surface area contributed by atoms with Crippen LogP contribution in [0.4, 0.5) is 5.69 Å². The van der Waals surface area contributed by atoms with E-state index in [1.807, 2.05) is 68.6 Å². The van der Waals surface area contributed by atoms with E-state index >= 15 is 0 Å². The van der Waals surface area contributed by atoms with Crippen molar-refractivity contribution in [1.82, 2.24) is 9.55 Å². The lowest BCUT2D eigenvalue weighted by molar-refractivity contribution is -0.113. The van der Waals surface area contributed by atoms with E-state index in [0.29, 0.717) is 21.9 Å². The highest BCUT2D eigenvalue weighted by molar-refractivity contribution is 7.99. The normalized spacial score (nSPS) is 11.0. The van der Waals surface area contributed by atoms with Crippen molar-refractivity contribution in [3.05, 3.63) is 87.5 Å². The van der Waals surface area contributed by atoms with E-state index in [1.165, 1.54) is 28.7 Å². The van der Waals surface area contributed by atoms with Crippen molar-refractivity contribution in [2.45, 2.75) is 32.5 Å². The minimum absolute atomic E-state index is 0.117. The SMILES string of the molecule is C=CCn1c(SCC(=O)Nc2cccc(C)c2C)nc2scc(-c3ccc(C)cc3)c2c1=O. The number of nitrogens with zero attached hydrogens (tertiary/aromatic N) is 2. The highest BCUT2D eigenvalue weighted by Gasteiger charge is 2.18. The summed E-state index contributed by atoms with van der Waals surface area (Å²) >= 11 is 2.70. The molecule has 33 heavy (non-hydrogen) atoms. The molecule has 0 radical (unpaired) electrons. The number of aryl methyl sites for hydroxylation is 2. The standard InChI is InChI=1S/C26H25N3O2S2/c1-5-13-29-25(31)23-20(19-11-9-16(2)10-12-19)14-32-24(23)28-26(29)33-15-22(30)27-21-8-6-7-17(3)18(21)4/h5-12,14H,1,13,15H2,2-4H3,(H,27,30). The van der Waals surface area contributed by atoms with Crippen LogP contribution in [-0.4, -0.2) is 21.2 Å². The van der Waals surface area contributed by atoms with Gasteiger partial charge in [0, 0.05) is 23.2 Å². The average Bonchev–Trinajstić information content (AvgIpc) is 3.22. The smallest absolute Gasteiger partial charge is 0.263 e. The molecular formula is C26H25N3O2S2. The predicted molar refractivity (Wildman–Crippen MR) is 140 cm³/mol. The molecule has 0 bridgehead atoms. The van der Waals surface area contributed by atoms with Crippen LogP contribution in [0.25, 0.3) is 21.3 Å². The van der Waals surface area contributed by atoms with Gasteiger partial charge in [-0.1, -0.05) is 59.8 Å². The number of thiophene rings is 1. The van der Waals surface area contributed by atoms with Gasteiger partial charge in [-0.15, -0.1) is 17.9 Å². The third-order valence-electron chi connectivity index (χ3n) is 5.54. The van der Waals surface area contributed by atoms with E-state index in [0.717, 1.165) is 27.9 Å². The monoisotopic (exact) mass is 475 g/mol. The number of benzene rings is 2. The second kappa shape index (κ2) is 9.77. The number of anilines is 1. The van der Waals surface area contributed by atoms with Crippen LogP contribution < -0.4 is 10.9 Å². The van der Waals surface area contributed by atoms with Gasteiger partial charge in [0.05, 0.1) is 11.1 Å². The molecule has 4 aromatic rings. The van der Waals surface area contributed by atoms with Gasteiger partial charge in [0.15, 0.2) is 5.16 Å². The Morgan fingerprint density at radius 1 is 1.18 bits per heavy atom. The molecule has 0 atom stereocenters. The summed E-state index contributed by atoms with van der Waals surface area (Å²) in [4.78, 5) is 31.5. The number of aromatic nitrogens is 2. The lowest BCUT2D eigenvalue weighted by Crippen LogP contribution is -2.23. The number of allylic oxidation sites excluding steroid dienone is 1. The van der Waals surface area contributed by atoms with Crippen LogP contribution >= 0.6 is 23.1 Å². The van der Waals surface area contributed by atoms with Crippen molar-refractivity contribution in [2.24, 2.45) is 0 Å². The largest absolute Gasteiger partial charge is 0.325 e. The van der Waals surface area contributed by atoms with Crippen LogP contribution in [0, 0.1) is 20.8 Å². The Labute approximate surface area is 201 Å². The number of thioether (sulfide) groups is 1. The van der Waals surface area contributed by atoms with E-state index in [1.54, 1.807) is 10.6 Å². The molecule has 0 saturated heterocycles. The van der Waals surface area contributed by atoms with Crippen molar-refractivity contribution in [2.75, 3.05) is 11.1 Å². The van der Waals surface area contributed by atoms with Crippen molar-refractivity contribution < 1.29 is 4.79 Å². The van der Waals surface area contributed by atoms with Crippen molar-refractivity contribution in [3.63, 3.8) is 0 Å². The molecule has 1 N–H and O–H groups in total. The number of carbonyl (C=O) groups is 1. The molecule has 0 unspecified atom stereocenters. The summed E-state index contributed by atoms with van der Waals surface area (Å²) in [7, 11) is 0. The van der Waals surface area contributed by atoms with Crippen molar-refractivity contribution >= 4 is 44.9 Å². The zero-order valence-corrected chi connectivity index (χ0v) is 20.5. The Bertz CT molecular complexity index is 1400. The fourth-order valence-electron chi connectivity index (χ4n) is 3.55. The fourth-order valence-corrected chi connectivity index (χ4v) is 5.35. The summed E-state index contributed by atoms with van der Waals surface area (Å²) in [6.07, 6.45) is 1.67. The van der Waals surface area contributed by atoms with Crippen LogP contribution in [0.15, 0.2) is 70.5 Å². The van der Waals surface area contributed by atoms with Crippen LogP contribution in [0.2, 0.25) is 0 Å². The fraction of sp³-hybridized carbons (Fsp3) is 0.192. The van der Waals surface area contributed by atoms with Gasteiger partial charge in [0.1, 0.15) is 4.83 Å². The molecular weight excluding hydrogens is 450 g/mol. The number of nitrogens with one attached hydrogen (secondary N) is 1. The van der Waals surface area contributed by atoms with Gasteiger partial charge in [-0.05, 0) is 43.5 Å². The van der Waals surface area contributed by atoms with Crippen LogP contribution in [0.3, 0.4) is 0 Å². The minimum Gasteiger partial charge on any atom is -0.325 e. The van der Waals surface area contributed by atoms with E-state index in [2.05, 4.69) is 11.9 Å². The van der Waals surface area contributed by atoms with Gasteiger partial charge >= 0.3 is 0 Å². The number of carbonyl (C=O) groups excluding carboxylic acids is 1. The lowest BCUT2D eigenvalue weighted by atomic mass is 10.1. The van der Waals surface area contributed by atoms with Crippen molar-refractivity contribution in [3.8, 4) is 11.1 Å². The molecule has 0 aliphatic heterocycles. The van der Waals surface area contributed by atoms with Crippen LogP contribution in [0.5, 0.6) is 0 Å². The van der Waals surface area contributed by atoms with Gasteiger partial charge in [-0.25, -0.2) is 4.98 Å². The molecule has 168 valence electrons. The van der Waals surface area contributed by atoms with Gasteiger partial charge in [-0.3, -0.25) is 14.2 Å². The molecule has 0 aliphatic rings. The average molecular weight is 476 g/mol. The Kier molecular flexibility index (Phi) is 6.81. The van der Waals surface area contributed by atoms with Gasteiger partial charge in [-0.2, -0.15) is 0 Å². The van der Waals surface area contributed by atoms with Crippen LogP contribution in [-0.2, 0) is 11.3 Å². The van der Waals surface area contributed by atoms with Crippen LogP contribution in [0.1, 0.15) is 16.7 Å². The molecule has 5 nitrogen and oxygen atoms in total. The summed E-state index contributed by atoms with van der Waals surface area (Å²) in [6, 6.07) is 13.9. The maximum absolute atomic E-state index is 13.4. The Hall–Kier alpha value is -3.16. The number of amides is 1. The minimum atomic E-state index is -0.139. The Morgan fingerprint density at radius 3 is 2.67 bits per heavy atom.